The molecule has 1 rings (SSSR count). The summed E-state index contributed by atoms with van der Waals surface area (Å²) in [4.78, 5) is 15.1. The first-order valence-electron chi connectivity index (χ1n) is 5.97. The number of hydrogen-bond donors (Lipinski definition) is 2. The molecule has 6 nitrogen and oxygen atoms in total. The number of aryl methyl sites for hydroxylation is 2. The lowest BCUT2D eigenvalue weighted by Gasteiger charge is -2.13. The Kier molecular flexibility index (Phi) is 5.45. The third-order valence-corrected chi connectivity index (χ3v) is 5.70. The Morgan fingerprint density at radius 3 is 2.53 bits per heavy atom. The summed E-state index contributed by atoms with van der Waals surface area (Å²) in [5.74, 6) is -1.16. The summed E-state index contributed by atoms with van der Waals surface area (Å²) in [5, 5.41) is 9.68. The van der Waals surface area contributed by atoms with Crippen LogP contribution in [0.1, 0.15) is 36.9 Å². The Hall–Kier alpha value is -0.990. The lowest BCUT2D eigenvalue weighted by Crippen LogP contribution is -2.40. The Labute approximate surface area is 116 Å². The quantitative estimate of drug-likeness (QED) is 0.799. The largest absolute Gasteiger partial charge is 0.480 e. The monoisotopic (exact) mass is 306 g/mol. The van der Waals surface area contributed by atoms with Gasteiger partial charge >= 0.3 is 5.97 Å². The average molecular weight is 306 g/mol. The molecule has 0 radical (unpaired) electrons. The van der Waals surface area contributed by atoms with Crippen LogP contribution in [0.2, 0.25) is 0 Å². The number of nitrogens with zero attached hydrogens (tertiary/aromatic N) is 1. The van der Waals surface area contributed by atoms with Gasteiger partial charge in [-0.15, -0.1) is 11.3 Å². The van der Waals surface area contributed by atoms with Crippen molar-refractivity contribution < 1.29 is 18.3 Å². The van der Waals surface area contributed by atoms with E-state index in [4.69, 9.17) is 5.11 Å². The first kappa shape index (κ1) is 16.1. The first-order chi connectivity index (χ1) is 8.77. The van der Waals surface area contributed by atoms with Gasteiger partial charge in [0.2, 0.25) is 0 Å². The molecule has 0 spiro atoms. The van der Waals surface area contributed by atoms with E-state index < -0.39 is 22.0 Å². The highest BCUT2D eigenvalue weighted by Crippen LogP contribution is 2.23. The van der Waals surface area contributed by atoms with Crippen molar-refractivity contribution in [1.29, 1.82) is 0 Å². The summed E-state index contributed by atoms with van der Waals surface area (Å²) in [6, 6.07) is -1.09. The van der Waals surface area contributed by atoms with E-state index in [9.17, 15) is 13.2 Å². The van der Waals surface area contributed by atoms with Crippen molar-refractivity contribution in [2.24, 2.45) is 0 Å². The molecule has 2 N–H and O–H groups in total. The maximum absolute atomic E-state index is 12.1. The van der Waals surface area contributed by atoms with E-state index in [1.165, 1.54) is 0 Å². The number of carbonyl (C=O) groups is 1. The van der Waals surface area contributed by atoms with Crippen molar-refractivity contribution in [3.8, 4) is 0 Å². The number of carboxylic acid groups (broad SMARTS) is 1. The summed E-state index contributed by atoms with van der Waals surface area (Å²) in [6.07, 6.45) is 1.74. The summed E-state index contributed by atoms with van der Waals surface area (Å²) in [7, 11) is -3.82. The van der Waals surface area contributed by atoms with Gasteiger partial charge in [-0.3, -0.25) is 4.79 Å². The van der Waals surface area contributed by atoms with Gasteiger partial charge in [0.25, 0.3) is 10.0 Å². The van der Waals surface area contributed by atoms with E-state index in [1.807, 2.05) is 6.92 Å². The van der Waals surface area contributed by atoms with Gasteiger partial charge in [0, 0.05) is 0 Å². The zero-order chi connectivity index (χ0) is 14.6. The molecule has 1 aromatic rings. The molecular formula is C11H18N2O4S2. The average Bonchev–Trinajstić information content (AvgIpc) is 2.64. The van der Waals surface area contributed by atoms with Crippen LogP contribution in [0.3, 0.4) is 0 Å². The van der Waals surface area contributed by atoms with Gasteiger partial charge in [-0.25, -0.2) is 13.4 Å². The fraction of sp³-hybridized carbons (Fsp3) is 0.636. The fourth-order valence-electron chi connectivity index (χ4n) is 1.64. The minimum Gasteiger partial charge on any atom is -0.480 e. The predicted molar refractivity (Wildman–Crippen MR) is 72.9 cm³/mol. The molecule has 0 unspecified atom stereocenters. The van der Waals surface area contributed by atoms with Crippen molar-refractivity contribution in [3.05, 3.63) is 10.7 Å². The van der Waals surface area contributed by atoms with Gasteiger partial charge in [-0.1, -0.05) is 19.8 Å². The Morgan fingerprint density at radius 2 is 2.11 bits per heavy atom. The van der Waals surface area contributed by atoms with Crippen molar-refractivity contribution in [2.45, 2.75) is 50.3 Å². The number of thiazole rings is 1. The summed E-state index contributed by atoms with van der Waals surface area (Å²) < 4.78 is 26.6. The fourth-order valence-corrected chi connectivity index (χ4v) is 4.37. The minimum atomic E-state index is -3.82. The second-order valence-electron chi connectivity index (χ2n) is 4.26. The topological polar surface area (TPSA) is 96.4 Å². The molecule has 0 bridgehead atoms. The highest BCUT2D eigenvalue weighted by molar-refractivity contribution is 7.91. The zero-order valence-electron chi connectivity index (χ0n) is 11.1. The number of unbranched alkanes of at least 4 members (excludes halogenated alkanes) is 1. The predicted octanol–water partition coefficient (Wildman–Crippen LogP) is 1.68. The van der Waals surface area contributed by atoms with Crippen molar-refractivity contribution in [1.82, 2.24) is 9.71 Å². The molecule has 1 atom stereocenters. The number of sulfonamides is 1. The van der Waals surface area contributed by atoms with Crippen LogP contribution in [0, 0.1) is 13.8 Å². The number of aromatic nitrogens is 1. The lowest BCUT2D eigenvalue weighted by molar-refractivity contribution is -0.139. The minimum absolute atomic E-state index is 0.0905. The third-order valence-electron chi connectivity index (χ3n) is 2.55. The number of carboxylic acids is 1. The smallest absolute Gasteiger partial charge is 0.321 e. The van der Waals surface area contributed by atoms with Crippen LogP contribution >= 0.6 is 11.3 Å². The molecule has 0 aliphatic heterocycles. The highest BCUT2D eigenvalue weighted by Gasteiger charge is 2.27. The van der Waals surface area contributed by atoms with Gasteiger partial charge in [-0.05, 0) is 20.3 Å². The molecule has 8 heteroatoms. The lowest BCUT2D eigenvalue weighted by atomic mass is 10.1. The number of aliphatic carboxylic acids is 1. The molecule has 0 saturated heterocycles. The third kappa shape index (κ3) is 4.26. The summed E-state index contributed by atoms with van der Waals surface area (Å²) in [5.41, 5.74) is 0.398. The zero-order valence-corrected chi connectivity index (χ0v) is 12.8. The van der Waals surface area contributed by atoms with Crippen molar-refractivity contribution in [2.75, 3.05) is 0 Å². The van der Waals surface area contributed by atoms with E-state index in [1.54, 1.807) is 13.8 Å². The number of rotatable bonds is 7. The van der Waals surface area contributed by atoms with Crippen LogP contribution in [-0.2, 0) is 14.8 Å². The normalized spacial score (nSPS) is 13.4. The van der Waals surface area contributed by atoms with E-state index in [0.29, 0.717) is 17.1 Å². The maximum Gasteiger partial charge on any atom is 0.321 e. The maximum atomic E-state index is 12.1. The van der Waals surface area contributed by atoms with Crippen LogP contribution in [0.4, 0.5) is 0 Å². The molecule has 0 saturated carbocycles. The standard InChI is InChI=1S/C11H18N2O4S2/c1-4-5-6-9(10(14)15)13-19(16,17)11-7(2)12-8(3)18-11/h9,13H,4-6H2,1-3H3,(H,14,15)/t9-/m0/s1. The van der Waals surface area contributed by atoms with Crippen LogP contribution in [-0.4, -0.2) is 30.5 Å². The molecule has 0 amide bonds. The van der Waals surface area contributed by atoms with Gasteiger partial charge < -0.3 is 5.11 Å². The van der Waals surface area contributed by atoms with E-state index in [2.05, 4.69) is 9.71 Å². The Bertz CT molecular complexity index is 551. The second-order valence-corrected chi connectivity index (χ2v) is 7.37. The molecule has 1 aromatic heterocycles. The molecule has 19 heavy (non-hydrogen) atoms. The first-order valence-corrected chi connectivity index (χ1v) is 8.27. The molecular weight excluding hydrogens is 288 g/mol. The molecule has 0 aliphatic carbocycles. The van der Waals surface area contributed by atoms with Crippen LogP contribution in [0.25, 0.3) is 0 Å². The molecule has 0 aliphatic rings. The highest BCUT2D eigenvalue weighted by atomic mass is 32.2. The van der Waals surface area contributed by atoms with Gasteiger partial charge in [0.1, 0.15) is 6.04 Å². The van der Waals surface area contributed by atoms with E-state index in [0.717, 1.165) is 17.8 Å². The molecule has 0 fully saturated rings. The SMILES string of the molecule is CCCC[C@H](NS(=O)(=O)c1sc(C)nc1C)C(=O)O. The van der Waals surface area contributed by atoms with Gasteiger partial charge in [-0.2, -0.15) is 4.72 Å². The van der Waals surface area contributed by atoms with Crippen LogP contribution < -0.4 is 4.72 Å². The summed E-state index contributed by atoms with van der Waals surface area (Å²) >= 11 is 1.04. The Morgan fingerprint density at radius 1 is 1.47 bits per heavy atom. The van der Waals surface area contributed by atoms with Crippen molar-refractivity contribution in [3.63, 3.8) is 0 Å². The van der Waals surface area contributed by atoms with Crippen LogP contribution in [0.5, 0.6) is 0 Å². The van der Waals surface area contributed by atoms with Crippen molar-refractivity contribution >= 4 is 27.3 Å². The second kappa shape index (κ2) is 6.44. The van der Waals surface area contributed by atoms with E-state index in [-0.39, 0.29) is 10.6 Å². The number of nitrogens with one attached hydrogen (secondary N) is 1. The van der Waals surface area contributed by atoms with E-state index >= 15 is 0 Å². The molecule has 1 heterocycles. The molecule has 108 valence electrons. The Balaban J connectivity index is 2.94. The van der Waals surface area contributed by atoms with Crippen LogP contribution in [0.15, 0.2) is 4.21 Å². The summed E-state index contributed by atoms with van der Waals surface area (Å²) in [6.45, 7) is 5.23. The molecule has 0 aromatic carbocycles. The van der Waals surface area contributed by atoms with Gasteiger partial charge in [0.15, 0.2) is 4.21 Å². The van der Waals surface area contributed by atoms with Gasteiger partial charge in [0.05, 0.1) is 10.7 Å². The number of hydrogen-bond acceptors (Lipinski definition) is 5.